The third-order valence-corrected chi connectivity index (χ3v) is 4.38. The molecular weight excluding hydrogens is 324 g/mol. The monoisotopic (exact) mass is 340 g/mol. The number of carboxylic acids is 1. The molecule has 1 amide bonds. The molecule has 0 heterocycles. The Morgan fingerprint density at radius 1 is 1.35 bits per heavy atom. The molecular formula is C14H17BrN2O3. The highest BCUT2D eigenvalue weighted by atomic mass is 79.9. The van der Waals surface area contributed by atoms with Crippen molar-refractivity contribution < 1.29 is 14.7 Å². The van der Waals surface area contributed by atoms with Crippen LogP contribution in [0.3, 0.4) is 0 Å². The molecule has 1 aromatic carbocycles. The fourth-order valence-electron chi connectivity index (χ4n) is 2.67. The third kappa shape index (κ3) is 3.30. The maximum absolute atomic E-state index is 12.3. The van der Waals surface area contributed by atoms with Gasteiger partial charge in [0.25, 0.3) is 5.91 Å². The second-order valence-corrected chi connectivity index (χ2v) is 6.10. The molecule has 4 N–H and O–H groups in total. The number of halogens is 1. The van der Waals surface area contributed by atoms with Crippen molar-refractivity contribution in [2.75, 3.05) is 5.73 Å². The van der Waals surface area contributed by atoms with E-state index in [1.165, 1.54) is 0 Å². The van der Waals surface area contributed by atoms with Crippen molar-refractivity contribution >= 4 is 33.5 Å². The Balaban J connectivity index is 2.16. The minimum atomic E-state index is -0.884. The zero-order valence-electron chi connectivity index (χ0n) is 11.0. The van der Waals surface area contributed by atoms with Crippen LogP contribution >= 0.6 is 15.9 Å². The topological polar surface area (TPSA) is 92.4 Å². The largest absolute Gasteiger partial charge is 0.481 e. The molecule has 0 aromatic heterocycles. The minimum Gasteiger partial charge on any atom is -0.481 e. The fourth-order valence-corrected chi connectivity index (χ4v) is 3.05. The van der Waals surface area contributed by atoms with Gasteiger partial charge in [0.2, 0.25) is 0 Å². The van der Waals surface area contributed by atoms with Gasteiger partial charge in [0.05, 0.1) is 12.0 Å². The minimum absolute atomic E-state index is 0.0329. The summed E-state index contributed by atoms with van der Waals surface area (Å²) < 4.78 is 0.656. The van der Waals surface area contributed by atoms with E-state index in [-0.39, 0.29) is 12.3 Å². The van der Waals surface area contributed by atoms with Gasteiger partial charge in [-0.25, -0.2) is 0 Å². The number of carbonyl (C=O) groups excluding carboxylic acids is 1. The summed E-state index contributed by atoms with van der Waals surface area (Å²) in [6.45, 7) is 0. The highest BCUT2D eigenvalue weighted by molar-refractivity contribution is 9.10. The van der Waals surface area contributed by atoms with E-state index in [0.29, 0.717) is 28.6 Å². The SMILES string of the molecule is Nc1ccc(C(=O)NC2(CC(=O)O)CCCC2)cc1Br. The summed E-state index contributed by atoms with van der Waals surface area (Å²) in [6.07, 6.45) is 3.27. The van der Waals surface area contributed by atoms with Gasteiger partial charge in [-0.15, -0.1) is 0 Å². The smallest absolute Gasteiger partial charge is 0.305 e. The number of nitrogens with one attached hydrogen (secondary N) is 1. The second-order valence-electron chi connectivity index (χ2n) is 5.25. The first-order valence-electron chi connectivity index (χ1n) is 6.51. The zero-order valence-corrected chi connectivity index (χ0v) is 12.6. The highest BCUT2D eigenvalue weighted by Gasteiger charge is 2.37. The van der Waals surface area contributed by atoms with Crippen LogP contribution in [-0.4, -0.2) is 22.5 Å². The van der Waals surface area contributed by atoms with E-state index in [9.17, 15) is 9.59 Å². The lowest BCUT2D eigenvalue weighted by molar-refractivity contribution is -0.138. The Kier molecular flexibility index (Phi) is 4.32. The Bertz CT molecular complexity index is 539. The molecule has 0 radical (unpaired) electrons. The molecule has 5 nitrogen and oxygen atoms in total. The quantitative estimate of drug-likeness (QED) is 0.734. The summed E-state index contributed by atoms with van der Waals surface area (Å²) in [5.41, 5.74) is 6.11. The van der Waals surface area contributed by atoms with Crippen LogP contribution in [0.15, 0.2) is 22.7 Å². The van der Waals surface area contributed by atoms with Crippen molar-refractivity contribution in [1.82, 2.24) is 5.32 Å². The number of anilines is 1. The normalized spacial score (nSPS) is 16.9. The van der Waals surface area contributed by atoms with Gasteiger partial charge in [0.1, 0.15) is 0 Å². The number of carboxylic acid groups (broad SMARTS) is 1. The van der Waals surface area contributed by atoms with Crippen LogP contribution in [0.4, 0.5) is 5.69 Å². The standard InChI is InChI=1S/C14H17BrN2O3/c15-10-7-9(3-4-11(10)16)13(20)17-14(8-12(18)19)5-1-2-6-14/h3-4,7H,1-2,5-6,8,16H2,(H,17,20)(H,18,19). The maximum atomic E-state index is 12.3. The van der Waals surface area contributed by atoms with E-state index in [2.05, 4.69) is 21.2 Å². The number of amides is 1. The number of hydrogen-bond acceptors (Lipinski definition) is 3. The van der Waals surface area contributed by atoms with Crippen LogP contribution in [-0.2, 0) is 4.79 Å². The van der Waals surface area contributed by atoms with E-state index < -0.39 is 11.5 Å². The highest BCUT2D eigenvalue weighted by Crippen LogP contribution is 2.33. The zero-order chi connectivity index (χ0) is 14.8. The van der Waals surface area contributed by atoms with Crippen molar-refractivity contribution in [2.45, 2.75) is 37.6 Å². The van der Waals surface area contributed by atoms with Crippen molar-refractivity contribution in [3.8, 4) is 0 Å². The van der Waals surface area contributed by atoms with Gasteiger partial charge in [-0.2, -0.15) is 0 Å². The third-order valence-electron chi connectivity index (χ3n) is 3.69. The lowest BCUT2D eigenvalue weighted by Crippen LogP contribution is -2.47. The Morgan fingerprint density at radius 3 is 2.55 bits per heavy atom. The van der Waals surface area contributed by atoms with Crippen LogP contribution in [0.5, 0.6) is 0 Å². The molecule has 6 heteroatoms. The van der Waals surface area contributed by atoms with Gasteiger partial charge < -0.3 is 16.2 Å². The van der Waals surface area contributed by atoms with Crippen LogP contribution < -0.4 is 11.1 Å². The molecule has 0 bridgehead atoms. The second kappa shape index (κ2) is 5.83. The predicted molar refractivity (Wildman–Crippen MR) is 79.5 cm³/mol. The molecule has 0 aliphatic heterocycles. The average molecular weight is 341 g/mol. The number of nitrogen functional groups attached to an aromatic ring is 1. The maximum Gasteiger partial charge on any atom is 0.305 e. The first-order chi connectivity index (χ1) is 9.42. The van der Waals surface area contributed by atoms with E-state index >= 15 is 0 Å². The molecule has 1 aromatic rings. The van der Waals surface area contributed by atoms with Crippen molar-refractivity contribution in [1.29, 1.82) is 0 Å². The molecule has 2 rings (SSSR count). The molecule has 20 heavy (non-hydrogen) atoms. The van der Waals surface area contributed by atoms with E-state index in [0.717, 1.165) is 12.8 Å². The molecule has 1 fully saturated rings. The van der Waals surface area contributed by atoms with Gasteiger partial charge in [0, 0.05) is 15.7 Å². The summed E-state index contributed by atoms with van der Waals surface area (Å²) in [5.74, 6) is -1.14. The molecule has 108 valence electrons. The molecule has 0 spiro atoms. The number of rotatable bonds is 4. The molecule has 0 unspecified atom stereocenters. The Labute approximate surface area is 125 Å². The first kappa shape index (κ1) is 14.8. The molecule has 0 atom stereocenters. The molecule has 1 saturated carbocycles. The lowest BCUT2D eigenvalue weighted by Gasteiger charge is -2.28. The van der Waals surface area contributed by atoms with Gasteiger partial charge in [0.15, 0.2) is 0 Å². The number of aliphatic carboxylic acids is 1. The number of hydrogen-bond donors (Lipinski definition) is 3. The van der Waals surface area contributed by atoms with Gasteiger partial charge in [-0.1, -0.05) is 12.8 Å². The summed E-state index contributed by atoms with van der Waals surface area (Å²) in [5, 5.41) is 11.9. The molecule has 1 aliphatic carbocycles. The van der Waals surface area contributed by atoms with Gasteiger partial charge in [-0.05, 0) is 47.0 Å². The average Bonchev–Trinajstić information content (AvgIpc) is 2.79. The number of carbonyl (C=O) groups is 2. The first-order valence-corrected chi connectivity index (χ1v) is 7.30. The summed E-state index contributed by atoms with van der Waals surface area (Å²) in [4.78, 5) is 23.3. The Hall–Kier alpha value is -1.56. The Morgan fingerprint density at radius 2 is 2.00 bits per heavy atom. The molecule has 1 aliphatic rings. The van der Waals surface area contributed by atoms with Crippen LogP contribution in [0.25, 0.3) is 0 Å². The van der Waals surface area contributed by atoms with Crippen molar-refractivity contribution in [3.05, 3.63) is 28.2 Å². The summed E-state index contributed by atoms with van der Waals surface area (Å²) in [6, 6.07) is 4.93. The van der Waals surface area contributed by atoms with Gasteiger partial charge >= 0.3 is 5.97 Å². The number of benzene rings is 1. The lowest BCUT2D eigenvalue weighted by atomic mass is 9.92. The van der Waals surface area contributed by atoms with Gasteiger partial charge in [-0.3, -0.25) is 9.59 Å². The van der Waals surface area contributed by atoms with E-state index in [4.69, 9.17) is 10.8 Å². The van der Waals surface area contributed by atoms with Crippen LogP contribution in [0.2, 0.25) is 0 Å². The summed E-state index contributed by atoms with van der Waals surface area (Å²) >= 11 is 3.28. The molecule has 0 saturated heterocycles. The number of nitrogens with two attached hydrogens (primary N) is 1. The van der Waals surface area contributed by atoms with Crippen molar-refractivity contribution in [2.24, 2.45) is 0 Å². The predicted octanol–water partition coefficient (Wildman–Crippen LogP) is 2.55. The van der Waals surface area contributed by atoms with Crippen molar-refractivity contribution in [3.63, 3.8) is 0 Å². The van der Waals surface area contributed by atoms with Crippen LogP contribution in [0, 0.1) is 0 Å². The summed E-state index contributed by atoms with van der Waals surface area (Å²) in [7, 11) is 0. The van der Waals surface area contributed by atoms with Crippen LogP contribution in [0.1, 0.15) is 42.5 Å². The fraction of sp³-hybridized carbons (Fsp3) is 0.429. The van der Waals surface area contributed by atoms with E-state index in [1.54, 1.807) is 18.2 Å². The van der Waals surface area contributed by atoms with E-state index in [1.807, 2.05) is 0 Å².